The lowest BCUT2D eigenvalue weighted by molar-refractivity contribution is -0.116. The van der Waals surface area contributed by atoms with Crippen molar-refractivity contribution in [3.05, 3.63) is 113 Å². The number of likely N-dealkylation sites (N-methyl/N-ethyl adjacent to an activating group) is 1. The fourth-order valence-corrected chi connectivity index (χ4v) is 4.95. The Morgan fingerprint density at radius 3 is 2.61 bits per heavy atom. The highest BCUT2D eigenvalue weighted by Crippen LogP contribution is 2.41. The molecule has 3 aromatic carbocycles. The minimum atomic E-state index is -0.103. The fourth-order valence-electron chi connectivity index (χ4n) is 4.95. The lowest BCUT2D eigenvalue weighted by Gasteiger charge is -2.34. The highest BCUT2D eigenvalue weighted by molar-refractivity contribution is 5.98. The number of rotatable bonds is 8. The molecule has 3 aromatic rings. The Morgan fingerprint density at radius 1 is 1.11 bits per heavy atom. The number of hydrogen-bond acceptors (Lipinski definition) is 3. The predicted molar refractivity (Wildman–Crippen MR) is 149 cm³/mol. The third kappa shape index (κ3) is 5.44. The number of allylic oxidation sites excluding steroid dienone is 3. The molecule has 0 unspecified atom stereocenters. The van der Waals surface area contributed by atoms with Crippen LogP contribution in [-0.4, -0.2) is 25.6 Å². The van der Waals surface area contributed by atoms with Gasteiger partial charge in [-0.25, -0.2) is 0 Å². The van der Waals surface area contributed by atoms with Crippen LogP contribution in [0.4, 0.5) is 0 Å². The number of ether oxygens (including phenoxy) is 1. The Balaban J connectivity index is 1.55. The van der Waals surface area contributed by atoms with Gasteiger partial charge in [0.1, 0.15) is 11.9 Å². The number of carbonyl (C=O) groups excluding carboxylic acids is 1. The van der Waals surface area contributed by atoms with Crippen molar-refractivity contribution < 1.29 is 9.53 Å². The van der Waals surface area contributed by atoms with Gasteiger partial charge in [-0.15, -0.1) is 0 Å². The van der Waals surface area contributed by atoms with Gasteiger partial charge < -0.3 is 15.4 Å². The van der Waals surface area contributed by atoms with Crippen molar-refractivity contribution in [2.75, 3.05) is 13.6 Å². The molecule has 0 aromatic heterocycles. The molecule has 0 saturated carbocycles. The van der Waals surface area contributed by atoms with Crippen LogP contribution in [0.25, 0.3) is 10.8 Å². The van der Waals surface area contributed by atoms with E-state index in [-0.39, 0.29) is 24.0 Å². The van der Waals surface area contributed by atoms with Gasteiger partial charge in [-0.2, -0.15) is 0 Å². The first-order chi connectivity index (χ1) is 17.4. The van der Waals surface area contributed by atoms with Gasteiger partial charge in [-0.3, -0.25) is 4.79 Å². The molecule has 1 aliphatic rings. The highest BCUT2D eigenvalue weighted by atomic mass is 16.5. The van der Waals surface area contributed by atoms with Crippen molar-refractivity contribution in [1.29, 1.82) is 0 Å². The summed E-state index contributed by atoms with van der Waals surface area (Å²) in [5, 5.41) is 8.98. The van der Waals surface area contributed by atoms with Crippen LogP contribution in [0.15, 0.2) is 102 Å². The molecule has 36 heavy (non-hydrogen) atoms. The molecule has 0 radical (unpaired) electrons. The van der Waals surface area contributed by atoms with Crippen molar-refractivity contribution in [3.63, 3.8) is 0 Å². The first-order valence-corrected chi connectivity index (χ1v) is 12.6. The maximum atomic E-state index is 12.5. The predicted octanol–water partition coefficient (Wildman–Crippen LogP) is 6.62. The van der Waals surface area contributed by atoms with E-state index in [0.29, 0.717) is 12.1 Å². The Morgan fingerprint density at radius 2 is 1.83 bits per heavy atom. The third-order valence-corrected chi connectivity index (χ3v) is 7.14. The summed E-state index contributed by atoms with van der Waals surface area (Å²) in [5.74, 6) is 0.852. The lowest BCUT2D eigenvalue weighted by atomic mass is 9.83. The number of para-hydroxylation sites is 1. The van der Waals surface area contributed by atoms with Crippen LogP contribution < -0.4 is 15.4 Å². The van der Waals surface area contributed by atoms with Crippen LogP contribution in [0.2, 0.25) is 0 Å². The van der Waals surface area contributed by atoms with Gasteiger partial charge in [-0.05, 0) is 66.8 Å². The first-order valence-electron chi connectivity index (χ1n) is 12.6. The zero-order valence-electron chi connectivity index (χ0n) is 21.7. The molecule has 186 valence electrons. The molecule has 0 saturated heterocycles. The van der Waals surface area contributed by atoms with Crippen molar-refractivity contribution in [2.24, 2.45) is 0 Å². The Labute approximate surface area is 214 Å². The molecule has 3 atom stereocenters. The second-order valence-electron chi connectivity index (χ2n) is 9.45. The third-order valence-electron chi connectivity index (χ3n) is 7.14. The molecule has 4 nitrogen and oxygen atoms in total. The number of fused-ring (bicyclic) bond motifs is 2. The van der Waals surface area contributed by atoms with Gasteiger partial charge in [0.2, 0.25) is 0 Å². The SMILES string of the molecule is C=C(/C=C(C(=O)NC)\C(C)=C/C)[C@@H]1C[C@H](CN[C@H](C)c2cccc3ccccc23)Oc2ccccc21. The number of amides is 1. The highest BCUT2D eigenvalue weighted by Gasteiger charge is 2.30. The monoisotopic (exact) mass is 480 g/mol. The van der Waals surface area contributed by atoms with Crippen LogP contribution >= 0.6 is 0 Å². The summed E-state index contributed by atoms with van der Waals surface area (Å²) in [5.41, 5.74) is 4.89. The number of nitrogens with one attached hydrogen (secondary N) is 2. The zero-order valence-corrected chi connectivity index (χ0v) is 21.7. The molecule has 0 spiro atoms. The van der Waals surface area contributed by atoms with E-state index in [4.69, 9.17) is 4.74 Å². The topological polar surface area (TPSA) is 50.4 Å². The molecule has 4 rings (SSSR count). The summed E-state index contributed by atoms with van der Waals surface area (Å²) >= 11 is 0. The Bertz CT molecular complexity index is 1320. The van der Waals surface area contributed by atoms with Gasteiger partial charge in [-0.1, -0.05) is 73.3 Å². The molecule has 4 heteroatoms. The Kier molecular flexibility index (Phi) is 8.07. The number of carbonyl (C=O) groups is 1. The van der Waals surface area contributed by atoms with Crippen LogP contribution in [0.1, 0.15) is 50.3 Å². The van der Waals surface area contributed by atoms with E-state index in [1.807, 2.05) is 44.2 Å². The molecule has 1 aliphatic heterocycles. The van der Waals surface area contributed by atoms with Gasteiger partial charge >= 0.3 is 0 Å². The van der Waals surface area contributed by atoms with Crippen molar-refractivity contribution in [3.8, 4) is 5.75 Å². The molecule has 1 heterocycles. The minimum Gasteiger partial charge on any atom is -0.489 e. The van der Waals surface area contributed by atoms with E-state index in [9.17, 15) is 4.79 Å². The summed E-state index contributed by atoms with van der Waals surface area (Å²) in [6.07, 6.45) is 4.66. The van der Waals surface area contributed by atoms with Crippen LogP contribution in [0.3, 0.4) is 0 Å². The average molecular weight is 481 g/mol. The molecular weight excluding hydrogens is 444 g/mol. The minimum absolute atomic E-state index is 0.0151. The maximum absolute atomic E-state index is 12.5. The van der Waals surface area contributed by atoms with E-state index >= 15 is 0 Å². The van der Waals surface area contributed by atoms with E-state index in [1.165, 1.54) is 16.3 Å². The molecule has 2 N–H and O–H groups in total. The second kappa shape index (κ2) is 11.4. The number of benzene rings is 3. The van der Waals surface area contributed by atoms with Crippen molar-refractivity contribution in [2.45, 2.75) is 45.3 Å². The lowest BCUT2D eigenvalue weighted by Crippen LogP contribution is -2.37. The fraction of sp³-hybridized carbons (Fsp3) is 0.281. The summed E-state index contributed by atoms with van der Waals surface area (Å²) in [6.45, 7) is 11.2. The van der Waals surface area contributed by atoms with Crippen LogP contribution in [-0.2, 0) is 4.79 Å². The van der Waals surface area contributed by atoms with Gasteiger partial charge in [0, 0.05) is 36.7 Å². The number of hydrogen-bond donors (Lipinski definition) is 2. The van der Waals surface area contributed by atoms with Crippen molar-refractivity contribution in [1.82, 2.24) is 10.6 Å². The standard InChI is InChI=1S/C32H36N2O2/c1-6-21(2)30(32(35)33-5)18-22(3)29-19-25(36-31-17-10-9-15-28(29)31)20-34-23(4)26-16-11-13-24-12-7-8-14-27(24)26/h6-18,23,25,29,34H,3,19-20H2,1-2,4-5H3,(H,33,35)/b21-6-,30-18+/t23-,25-,29+/m1/s1. The molecule has 1 amide bonds. The normalized spacial score (nSPS) is 18.8. The quantitative estimate of drug-likeness (QED) is 0.281. The van der Waals surface area contributed by atoms with Gasteiger partial charge in [0.15, 0.2) is 0 Å². The maximum Gasteiger partial charge on any atom is 0.251 e. The summed E-state index contributed by atoms with van der Waals surface area (Å²) < 4.78 is 6.41. The first kappa shape index (κ1) is 25.5. The average Bonchev–Trinajstić information content (AvgIpc) is 2.92. The van der Waals surface area contributed by atoms with Gasteiger partial charge in [0.05, 0.1) is 0 Å². The smallest absolute Gasteiger partial charge is 0.251 e. The Hall–Kier alpha value is -3.63. The molecule has 0 bridgehead atoms. The van der Waals surface area contributed by atoms with E-state index < -0.39 is 0 Å². The van der Waals surface area contributed by atoms with Gasteiger partial charge in [0.25, 0.3) is 5.91 Å². The van der Waals surface area contributed by atoms with E-state index in [2.05, 4.69) is 72.7 Å². The van der Waals surface area contributed by atoms with Crippen molar-refractivity contribution >= 4 is 16.7 Å². The molecular formula is C32H36N2O2. The molecule has 0 fully saturated rings. The second-order valence-corrected chi connectivity index (χ2v) is 9.45. The largest absolute Gasteiger partial charge is 0.489 e. The van der Waals surface area contributed by atoms with Crippen LogP contribution in [0, 0.1) is 0 Å². The summed E-state index contributed by atoms with van der Waals surface area (Å²) in [7, 11) is 1.66. The summed E-state index contributed by atoms with van der Waals surface area (Å²) in [4.78, 5) is 12.5. The van der Waals surface area contributed by atoms with E-state index in [0.717, 1.165) is 28.9 Å². The van der Waals surface area contributed by atoms with E-state index in [1.54, 1.807) is 7.05 Å². The van der Waals surface area contributed by atoms with Crippen LogP contribution in [0.5, 0.6) is 5.75 Å². The zero-order chi connectivity index (χ0) is 25.7. The molecule has 0 aliphatic carbocycles. The summed E-state index contributed by atoms with van der Waals surface area (Å²) in [6, 6.07) is 23.3.